The number of ether oxygens (including phenoxy) is 2. The Morgan fingerprint density at radius 2 is 1.83 bits per heavy atom. The van der Waals surface area contributed by atoms with Gasteiger partial charge in [-0.25, -0.2) is 19.1 Å². The van der Waals surface area contributed by atoms with Gasteiger partial charge in [0.05, 0.1) is 31.4 Å². The van der Waals surface area contributed by atoms with E-state index in [0.717, 1.165) is 15.9 Å². The van der Waals surface area contributed by atoms with Crippen LogP contribution in [0.3, 0.4) is 0 Å². The molecule has 19 nitrogen and oxygen atoms in total. The lowest BCUT2D eigenvalue weighted by molar-refractivity contribution is -0.141. The predicted octanol–water partition coefficient (Wildman–Crippen LogP) is 5.11. The lowest BCUT2D eigenvalue weighted by Gasteiger charge is -2.34. The third-order valence-electron chi connectivity index (χ3n) is 13.1. The number of anilines is 1. The standard InChI is InChI=1S/C49H68N10O9S2/c1-10-20-50-45(63)49-26-31(49)16-14-12-11-13-15-17-35(53-46(64)55-41(48(6,7)8)44(62)59-22-21-58(30(4)5)70(59,65)66)43(61)57-27-33(24-39(57)42(60)56-49)68-40-25-37(38-28-69-47(54-38)51-29(2)3)52-36-23-32(67-9)18-19-34(36)40/h10,14,16,18-19,23,25,28-31,33,35,39,41H,1,11-13,15,17,20-22,24,26-27H2,2-9H3,(H,50,63)(H,51,54)(H,56,60)(H2,53,55,64)/b16-14-/t31?,33-,35+,39+,41?,49-/m1/s1. The van der Waals surface area contributed by atoms with Crippen molar-refractivity contribution in [3.05, 3.63) is 54.5 Å². The van der Waals surface area contributed by atoms with Crippen LogP contribution in [0.2, 0.25) is 0 Å². The molecule has 1 aliphatic carbocycles. The summed E-state index contributed by atoms with van der Waals surface area (Å²) in [6, 6.07) is 2.54. The second kappa shape index (κ2) is 21.3. The Morgan fingerprint density at radius 1 is 1.06 bits per heavy atom. The molecule has 2 unspecified atom stereocenters. The minimum Gasteiger partial charge on any atom is -0.497 e. The number of aromatic nitrogens is 2. The highest BCUT2D eigenvalue weighted by atomic mass is 32.2. The number of hydrogen-bond acceptors (Lipinski definition) is 13. The summed E-state index contributed by atoms with van der Waals surface area (Å²) in [6.07, 6.45) is 8.10. The van der Waals surface area contributed by atoms with Crippen molar-refractivity contribution >= 4 is 67.2 Å². The summed E-state index contributed by atoms with van der Waals surface area (Å²) in [5, 5.41) is 18.1. The van der Waals surface area contributed by atoms with Crippen molar-refractivity contribution in [2.24, 2.45) is 11.3 Å². The van der Waals surface area contributed by atoms with Crippen LogP contribution in [0.1, 0.15) is 93.4 Å². The number of methoxy groups -OCH3 is 1. The van der Waals surface area contributed by atoms with Gasteiger partial charge in [-0.1, -0.05) is 51.8 Å². The molecule has 7 rings (SSSR count). The summed E-state index contributed by atoms with van der Waals surface area (Å²) in [7, 11) is -2.58. The molecule has 0 radical (unpaired) electrons. The van der Waals surface area contributed by atoms with Crippen LogP contribution in [-0.4, -0.2) is 137 Å². The molecule has 3 aliphatic heterocycles. The smallest absolute Gasteiger partial charge is 0.316 e. The first-order valence-corrected chi connectivity index (χ1v) is 26.4. The molecule has 0 bridgehead atoms. The molecule has 70 heavy (non-hydrogen) atoms. The number of rotatable bonds is 13. The van der Waals surface area contributed by atoms with Gasteiger partial charge in [-0.3, -0.25) is 19.2 Å². The quantitative estimate of drug-likeness (QED) is 0.141. The highest BCUT2D eigenvalue weighted by molar-refractivity contribution is 7.87. The van der Waals surface area contributed by atoms with Gasteiger partial charge in [0.15, 0.2) is 5.13 Å². The molecule has 0 spiro atoms. The van der Waals surface area contributed by atoms with Crippen LogP contribution in [0.25, 0.3) is 22.3 Å². The van der Waals surface area contributed by atoms with E-state index in [-0.39, 0.29) is 62.9 Å². The van der Waals surface area contributed by atoms with Crippen LogP contribution < -0.4 is 36.1 Å². The normalized spacial score (nSPS) is 24.9. The third-order valence-corrected chi connectivity index (χ3v) is 16.0. The van der Waals surface area contributed by atoms with Crippen molar-refractivity contribution in [2.45, 2.75) is 135 Å². The summed E-state index contributed by atoms with van der Waals surface area (Å²) in [5.41, 5.74) is -0.473. The number of amides is 6. The number of carbonyl (C=O) groups excluding carboxylic acids is 5. The fourth-order valence-corrected chi connectivity index (χ4v) is 11.9. The van der Waals surface area contributed by atoms with Crippen LogP contribution in [0.4, 0.5) is 9.93 Å². The molecule has 1 saturated carbocycles. The number of benzene rings is 1. The van der Waals surface area contributed by atoms with Gasteiger partial charge >= 0.3 is 16.2 Å². The number of pyridine rings is 1. The van der Waals surface area contributed by atoms with Gasteiger partial charge < -0.3 is 41.0 Å². The maximum atomic E-state index is 15.2. The number of carbonyl (C=O) groups is 5. The van der Waals surface area contributed by atoms with E-state index >= 15 is 4.79 Å². The van der Waals surface area contributed by atoms with Gasteiger partial charge in [0.2, 0.25) is 17.7 Å². The number of fused-ring (bicyclic) bond motifs is 3. The van der Waals surface area contributed by atoms with Crippen LogP contribution >= 0.6 is 11.3 Å². The zero-order chi connectivity index (χ0) is 50.7. The summed E-state index contributed by atoms with van der Waals surface area (Å²) in [4.78, 5) is 83.1. The summed E-state index contributed by atoms with van der Waals surface area (Å²) in [5.74, 6) is -1.52. The monoisotopic (exact) mass is 1000 g/mol. The minimum absolute atomic E-state index is 0.0358. The van der Waals surface area contributed by atoms with Crippen molar-refractivity contribution in [1.29, 1.82) is 0 Å². The zero-order valence-corrected chi connectivity index (χ0v) is 43.0. The first-order valence-electron chi connectivity index (χ1n) is 24.1. The van der Waals surface area contributed by atoms with Crippen LogP contribution in [0.5, 0.6) is 11.5 Å². The van der Waals surface area contributed by atoms with Crippen molar-refractivity contribution in [3.8, 4) is 22.9 Å². The number of allylic oxidation sites excluding steroid dienone is 1. The number of nitrogens with one attached hydrogen (secondary N) is 5. The summed E-state index contributed by atoms with van der Waals surface area (Å²) >= 11 is 1.45. The van der Waals surface area contributed by atoms with Crippen molar-refractivity contribution < 1.29 is 41.9 Å². The van der Waals surface area contributed by atoms with Crippen LogP contribution in [0.15, 0.2) is 54.5 Å². The Labute approximate surface area is 414 Å². The Morgan fingerprint density at radius 3 is 2.51 bits per heavy atom. The molecule has 5 heterocycles. The number of nitrogens with zero attached hydrogens (tertiary/aromatic N) is 5. The van der Waals surface area contributed by atoms with Gasteiger partial charge in [-0.15, -0.1) is 17.9 Å². The SMILES string of the molecule is C=CCNC(=O)[C@@]12CC1/C=C\CCCCC[C@H](NC(=O)NC(C(=O)N1CCN(C(C)C)S1(=O)=O)C(C)(C)C)C(=O)N1C[C@H](Oc3cc(-c4csc(NC(C)C)n4)nc4cc(OC)ccc34)C[C@H]1C(=O)N2. The first-order chi connectivity index (χ1) is 33.2. The number of thiazole rings is 1. The average molecular weight is 1010 g/mol. The second-order valence-corrected chi connectivity index (χ2v) is 22.8. The van der Waals surface area contributed by atoms with Gasteiger partial charge in [0.25, 0.3) is 5.91 Å². The van der Waals surface area contributed by atoms with Crippen molar-refractivity contribution in [2.75, 3.05) is 38.6 Å². The van der Waals surface area contributed by atoms with Crippen LogP contribution in [0, 0.1) is 11.3 Å². The number of hydrogen-bond donors (Lipinski definition) is 5. The van der Waals surface area contributed by atoms with Gasteiger partial charge in [0, 0.05) is 60.4 Å². The van der Waals surface area contributed by atoms with E-state index in [1.54, 1.807) is 66.0 Å². The molecule has 6 atom stereocenters. The van der Waals surface area contributed by atoms with Crippen molar-refractivity contribution in [3.63, 3.8) is 0 Å². The average Bonchev–Trinajstić information content (AvgIpc) is 3.58. The fraction of sp³-hybridized carbons (Fsp3) is 0.571. The molecule has 2 aromatic heterocycles. The highest BCUT2D eigenvalue weighted by Gasteiger charge is 2.61. The van der Waals surface area contributed by atoms with E-state index in [1.165, 1.54) is 20.5 Å². The molecular formula is C49H68N10O9S2. The molecule has 1 aromatic carbocycles. The lowest BCUT2D eigenvalue weighted by atomic mass is 9.86. The van der Waals surface area contributed by atoms with Crippen LogP contribution in [-0.2, 0) is 29.4 Å². The van der Waals surface area contributed by atoms with E-state index in [1.807, 2.05) is 37.4 Å². The third kappa shape index (κ3) is 11.4. The molecule has 380 valence electrons. The summed E-state index contributed by atoms with van der Waals surface area (Å²) < 4.78 is 41.4. The fourth-order valence-electron chi connectivity index (χ4n) is 9.32. The van der Waals surface area contributed by atoms with E-state index in [9.17, 15) is 27.6 Å². The van der Waals surface area contributed by atoms with Gasteiger partial charge in [0.1, 0.15) is 47.0 Å². The Kier molecular flexibility index (Phi) is 15.8. The Hall–Kier alpha value is -5.80. The maximum absolute atomic E-state index is 15.2. The van der Waals surface area contributed by atoms with Crippen molar-refractivity contribution in [1.82, 2.24) is 44.7 Å². The molecule has 2 saturated heterocycles. The molecule has 5 N–H and O–H groups in total. The molecule has 6 amide bonds. The van der Waals surface area contributed by atoms with E-state index < -0.39 is 69.1 Å². The largest absolute Gasteiger partial charge is 0.497 e. The Bertz CT molecular complexity index is 2610. The lowest BCUT2D eigenvalue weighted by Crippen LogP contribution is -2.61. The van der Waals surface area contributed by atoms with Gasteiger partial charge in [-0.2, -0.15) is 12.7 Å². The first kappa shape index (κ1) is 52.0. The minimum atomic E-state index is -4.14. The highest BCUT2D eigenvalue weighted by Crippen LogP contribution is 2.46. The molecular weight excluding hydrogens is 937 g/mol. The molecule has 3 fully saturated rings. The molecule has 3 aromatic rings. The molecule has 4 aliphatic rings. The maximum Gasteiger partial charge on any atom is 0.316 e. The van der Waals surface area contributed by atoms with E-state index in [2.05, 4.69) is 33.2 Å². The number of urea groups is 1. The molecule has 21 heteroatoms. The second-order valence-electron chi connectivity index (χ2n) is 20.1. The van der Waals surface area contributed by atoms with E-state index in [0.29, 0.717) is 59.5 Å². The van der Waals surface area contributed by atoms with Gasteiger partial charge in [-0.05, 0) is 70.9 Å². The summed E-state index contributed by atoms with van der Waals surface area (Å²) in [6.45, 7) is 16.6. The Balaban J connectivity index is 1.21. The topological polar surface area (TPSA) is 234 Å². The predicted molar refractivity (Wildman–Crippen MR) is 268 cm³/mol. The zero-order valence-electron chi connectivity index (χ0n) is 41.4. The van der Waals surface area contributed by atoms with E-state index in [4.69, 9.17) is 19.4 Å².